The second-order valence-electron chi connectivity index (χ2n) is 4.52. The van der Waals surface area contributed by atoms with Crippen molar-refractivity contribution in [3.05, 3.63) is 41.9 Å². The molecule has 8 heteroatoms. The van der Waals surface area contributed by atoms with Crippen molar-refractivity contribution in [3.8, 4) is 16.9 Å². The maximum absolute atomic E-state index is 5.96. The van der Waals surface area contributed by atoms with Gasteiger partial charge in [0.15, 0.2) is 0 Å². The third kappa shape index (κ3) is 3.31. The fourth-order valence-corrected chi connectivity index (χ4v) is 3.43. The van der Waals surface area contributed by atoms with Crippen LogP contribution in [0.1, 0.15) is 6.42 Å². The first kappa shape index (κ1) is 15.5. The number of aromatic amines is 1. The summed E-state index contributed by atoms with van der Waals surface area (Å²) in [6.45, 7) is 0. The van der Waals surface area contributed by atoms with Crippen molar-refractivity contribution in [3.63, 3.8) is 0 Å². The first-order valence-corrected chi connectivity index (χ1v) is 8.72. The summed E-state index contributed by atoms with van der Waals surface area (Å²) in [6, 6.07) is 7.63. The number of hydrogen-bond acceptors (Lipinski definition) is 5. The summed E-state index contributed by atoms with van der Waals surface area (Å²) in [7, 11) is 0. The summed E-state index contributed by atoms with van der Waals surface area (Å²) < 4.78 is 1.73. The van der Waals surface area contributed by atoms with Crippen LogP contribution in [-0.4, -0.2) is 36.5 Å². The maximum atomic E-state index is 5.96. The smallest absolute Gasteiger partial charge is 0.144 e. The van der Waals surface area contributed by atoms with Crippen LogP contribution in [0.3, 0.4) is 0 Å². The Balaban J connectivity index is 2.01. The van der Waals surface area contributed by atoms with Crippen molar-refractivity contribution < 1.29 is 0 Å². The molecule has 0 spiro atoms. The van der Waals surface area contributed by atoms with E-state index in [0.29, 0.717) is 5.02 Å². The summed E-state index contributed by atoms with van der Waals surface area (Å²) in [6.07, 6.45) is 4.21. The Bertz CT molecular complexity index is 724. The van der Waals surface area contributed by atoms with Crippen molar-refractivity contribution >= 4 is 36.0 Å². The zero-order valence-corrected chi connectivity index (χ0v) is 14.1. The SMILES string of the molecule is SCCCSc1n[nH]c(-c2ccc(Cl)cc2)c1-n1cncn1. The molecule has 0 aliphatic heterocycles. The van der Waals surface area contributed by atoms with Gasteiger partial charge in [0.1, 0.15) is 23.4 Å². The van der Waals surface area contributed by atoms with E-state index in [2.05, 4.69) is 32.9 Å². The molecule has 0 saturated carbocycles. The molecule has 0 amide bonds. The van der Waals surface area contributed by atoms with Gasteiger partial charge in [-0.2, -0.15) is 22.8 Å². The van der Waals surface area contributed by atoms with Crippen LogP contribution in [0.5, 0.6) is 0 Å². The fraction of sp³-hybridized carbons (Fsp3) is 0.214. The van der Waals surface area contributed by atoms with Gasteiger partial charge in [-0.15, -0.1) is 11.8 Å². The largest absolute Gasteiger partial charge is 0.274 e. The number of thioether (sulfide) groups is 1. The lowest BCUT2D eigenvalue weighted by Crippen LogP contribution is -1.97. The summed E-state index contributed by atoms with van der Waals surface area (Å²) in [5.41, 5.74) is 2.81. The van der Waals surface area contributed by atoms with Crippen LogP contribution in [0.15, 0.2) is 41.9 Å². The Morgan fingerprint density at radius 3 is 2.77 bits per heavy atom. The highest BCUT2D eigenvalue weighted by Crippen LogP contribution is 2.33. The van der Waals surface area contributed by atoms with Crippen LogP contribution < -0.4 is 0 Å². The van der Waals surface area contributed by atoms with E-state index < -0.39 is 0 Å². The van der Waals surface area contributed by atoms with E-state index in [1.807, 2.05) is 24.3 Å². The number of thiol groups is 1. The molecule has 0 saturated heterocycles. The molecule has 2 heterocycles. The number of halogens is 1. The minimum absolute atomic E-state index is 0.703. The van der Waals surface area contributed by atoms with Gasteiger partial charge in [0.05, 0.1) is 5.69 Å². The zero-order chi connectivity index (χ0) is 15.4. The topological polar surface area (TPSA) is 59.4 Å². The van der Waals surface area contributed by atoms with E-state index in [1.165, 1.54) is 6.33 Å². The molecule has 0 atom stereocenters. The van der Waals surface area contributed by atoms with Gasteiger partial charge in [-0.1, -0.05) is 23.7 Å². The van der Waals surface area contributed by atoms with Crippen molar-refractivity contribution in [1.82, 2.24) is 25.0 Å². The van der Waals surface area contributed by atoms with E-state index in [4.69, 9.17) is 11.6 Å². The Hall–Kier alpha value is -1.44. The molecule has 1 N–H and O–H groups in total. The molecule has 0 fully saturated rings. The van der Waals surface area contributed by atoms with Gasteiger partial charge >= 0.3 is 0 Å². The average molecular weight is 352 g/mol. The first-order valence-electron chi connectivity index (χ1n) is 6.72. The van der Waals surface area contributed by atoms with Crippen LogP contribution in [0.4, 0.5) is 0 Å². The fourth-order valence-electron chi connectivity index (χ4n) is 2.01. The molecular formula is C14H14ClN5S2. The van der Waals surface area contributed by atoms with E-state index in [1.54, 1.807) is 22.8 Å². The van der Waals surface area contributed by atoms with Gasteiger partial charge in [0.25, 0.3) is 0 Å². The molecule has 3 aromatic rings. The minimum Gasteiger partial charge on any atom is -0.274 e. The third-order valence-electron chi connectivity index (χ3n) is 3.03. The number of hydrogen-bond donors (Lipinski definition) is 2. The van der Waals surface area contributed by atoms with Crippen LogP contribution in [-0.2, 0) is 0 Å². The highest BCUT2D eigenvalue weighted by molar-refractivity contribution is 7.99. The van der Waals surface area contributed by atoms with E-state index in [-0.39, 0.29) is 0 Å². The summed E-state index contributed by atoms with van der Waals surface area (Å²) in [4.78, 5) is 4.03. The molecule has 0 aliphatic carbocycles. The maximum Gasteiger partial charge on any atom is 0.144 e. The summed E-state index contributed by atoms with van der Waals surface area (Å²) in [5.74, 6) is 1.82. The molecular weight excluding hydrogens is 338 g/mol. The number of benzene rings is 1. The average Bonchev–Trinajstić information content (AvgIpc) is 3.17. The summed E-state index contributed by atoms with van der Waals surface area (Å²) >= 11 is 11.9. The number of rotatable bonds is 6. The highest BCUT2D eigenvalue weighted by atomic mass is 35.5. The number of aromatic nitrogens is 5. The number of nitrogens with one attached hydrogen (secondary N) is 1. The molecule has 114 valence electrons. The van der Waals surface area contributed by atoms with Gasteiger partial charge in [-0.25, -0.2) is 9.67 Å². The van der Waals surface area contributed by atoms with Crippen molar-refractivity contribution in [2.24, 2.45) is 0 Å². The standard InChI is InChI=1S/C14H14ClN5S2/c15-11-4-2-10(3-5-11)12-13(20-9-16-8-17-20)14(19-18-12)22-7-1-6-21/h2-5,8-9,21H,1,6-7H2,(H,18,19). The normalized spacial score (nSPS) is 11.0. The minimum atomic E-state index is 0.703. The number of nitrogens with zero attached hydrogens (tertiary/aromatic N) is 4. The van der Waals surface area contributed by atoms with Gasteiger partial charge in [0, 0.05) is 16.3 Å². The van der Waals surface area contributed by atoms with Crippen molar-refractivity contribution in [2.75, 3.05) is 11.5 Å². The van der Waals surface area contributed by atoms with E-state index in [9.17, 15) is 0 Å². The molecule has 3 rings (SSSR count). The molecule has 2 aromatic heterocycles. The Morgan fingerprint density at radius 1 is 1.27 bits per heavy atom. The summed E-state index contributed by atoms with van der Waals surface area (Å²) in [5, 5.41) is 13.4. The lowest BCUT2D eigenvalue weighted by molar-refractivity contribution is 0.856. The second-order valence-corrected chi connectivity index (χ2v) is 6.49. The molecule has 1 aromatic carbocycles. The molecule has 0 unspecified atom stereocenters. The molecule has 0 radical (unpaired) electrons. The van der Waals surface area contributed by atoms with Gasteiger partial charge in [0.2, 0.25) is 0 Å². The Labute approximate surface area is 142 Å². The molecule has 0 bridgehead atoms. The molecule has 0 aliphatic rings. The van der Waals surface area contributed by atoms with E-state index in [0.717, 1.165) is 39.9 Å². The molecule has 22 heavy (non-hydrogen) atoms. The monoisotopic (exact) mass is 351 g/mol. The quantitative estimate of drug-likeness (QED) is 0.403. The van der Waals surface area contributed by atoms with Crippen LogP contribution >= 0.6 is 36.0 Å². The first-order chi connectivity index (χ1) is 10.8. The third-order valence-corrected chi connectivity index (χ3v) is 4.65. The highest BCUT2D eigenvalue weighted by Gasteiger charge is 2.17. The van der Waals surface area contributed by atoms with Crippen molar-refractivity contribution in [2.45, 2.75) is 11.4 Å². The lowest BCUT2D eigenvalue weighted by Gasteiger charge is -2.05. The van der Waals surface area contributed by atoms with Gasteiger partial charge in [-0.05, 0) is 24.3 Å². The number of H-pyrrole nitrogens is 1. The van der Waals surface area contributed by atoms with Gasteiger partial charge in [-0.3, -0.25) is 5.10 Å². The lowest BCUT2D eigenvalue weighted by atomic mass is 10.1. The van der Waals surface area contributed by atoms with Gasteiger partial charge < -0.3 is 0 Å². The Morgan fingerprint density at radius 2 is 2.09 bits per heavy atom. The van der Waals surface area contributed by atoms with Crippen LogP contribution in [0.25, 0.3) is 16.9 Å². The predicted molar refractivity (Wildman–Crippen MR) is 93.1 cm³/mol. The molecule has 5 nitrogen and oxygen atoms in total. The second kappa shape index (κ2) is 7.21. The zero-order valence-electron chi connectivity index (χ0n) is 11.6. The predicted octanol–water partition coefficient (Wildman–Crippen LogP) is 3.72. The van der Waals surface area contributed by atoms with Crippen molar-refractivity contribution in [1.29, 1.82) is 0 Å². The Kier molecular flexibility index (Phi) is 5.07. The van der Waals surface area contributed by atoms with E-state index >= 15 is 0 Å². The van der Waals surface area contributed by atoms with Crippen LogP contribution in [0, 0.1) is 0 Å². The van der Waals surface area contributed by atoms with Crippen LogP contribution in [0.2, 0.25) is 5.02 Å².